The third-order valence-corrected chi connectivity index (χ3v) is 3.77. The largest absolute Gasteiger partial charge is 0.365 e. The fourth-order valence-corrected chi connectivity index (χ4v) is 2.55. The zero-order valence-corrected chi connectivity index (χ0v) is 13.3. The maximum atomic E-state index is 13.9. The summed E-state index contributed by atoms with van der Waals surface area (Å²) in [5, 5.41) is 2.99. The first-order valence-corrected chi connectivity index (χ1v) is 7.59. The predicted octanol–water partition coefficient (Wildman–Crippen LogP) is 2.98. The quantitative estimate of drug-likeness (QED) is 0.765. The Morgan fingerprint density at radius 2 is 1.64 bits per heavy atom. The van der Waals surface area contributed by atoms with Gasteiger partial charge in [-0.1, -0.05) is 36.4 Å². The lowest BCUT2D eigenvalue weighted by Crippen LogP contribution is -2.35. The molecule has 5 nitrogen and oxygen atoms in total. The van der Waals surface area contributed by atoms with E-state index in [2.05, 4.69) is 10.3 Å². The molecule has 128 valence electrons. The number of rotatable bonds is 4. The summed E-state index contributed by atoms with van der Waals surface area (Å²) in [4.78, 5) is 26.9. The number of halogens is 2. The first-order chi connectivity index (χ1) is 12.0. The molecule has 0 saturated heterocycles. The van der Waals surface area contributed by atoms with Crippen molar-refractivity contribution in [2.75, 3.05) is 5.32 Å². The van der Waals surface area contributed by atoms with Crippen LogP contribution in [0.15, 0.2) is 64.2 Å². The second kappa shape index (κ2) is 6.72. The number of anilines is 1. The minimum Gasteiger partial charge on any atom is -0.365 e. The smallest absolute Gasteiger partial charge is 0.334 e. The third-order valence-electron chi connectivity index (χ3n) is 3.77. The lowest BCUT2D eigenvalue weighted by atomic mass is 10.1. The van der Waals surface area contributed by atoms with Gasteiger partial charge >= 0.3 is 5.69 Å². The van der Waals surface area contributed by atoms with Crippen LogP contribution >= 0.6 is 0 Å². The van der Waals surface area contributed by atoms with Crippen LogP contribution in [0, 0.1) is 11.6 Å². The highest BCUT2D eigenvalue weighted by atomic mass is 19.1. The number of nitrogens with one attached hydrogen (secondary N) is 2. The van der Waals surface area contributed by atoms with Crippen LogP contribution in [0.3, 0.4) is 0 Å². The molecule has 0 aliphatic carbocycles. The van der Waals surface area contributed by atoms with Crippen molar-refractivity contribution < 1.29 is 8.78 Å². The highest BCUT2D eigenvalue weighted by Gasteiger charge is 2.16. The van der Waals surface area contributed by atoms with Crippen molar-refractivity contribution in [1.82, 2.24) is 9.55 Å². The van der Waals surface area contributed by atoms with Crippen molar-refractivity contribution in [3.8, 4) is 5.69 Å². The number of nitrogens with zero attached hydrogens (tertiary/aromatic N) is 1. The van der Waals surface area contributed by atoms with E-state index < -0.39 is 28.6 Å². The second-order valence-electron chi connectivity index (χ2n) is 5.51. The van der Waals surface area contributed by atoms with E-state index in [1.54, 1.807) is 0 Å². The van der Waals surface area contributed by atoms with E-state index in [0.29, 0.717) is 4.57 Å². The number of H-pyrrole nitrogens is 1. The van der Waals surface area contributed by atoms with E-state index in [-0.39, 0.29) is 11.9 Å². The van der Waals surface area contributed by atoms with E-state index in [1.165, 1.54) is 0 Å². The van der Waals surface area contributed by atoms with Crippen LogP contribution in [-0.4, -0.2) is 9.55 Å². The fourth-order valence-electron chi connectivity index (χ4n) is 2.55. The van der Waals surface area contributed by atoms with Gasteiger partial charge in [-0.25, -0.2) is 18.1 Å². The average Bonchev–Trinajstić information content (AvgIpc) is 2.57. The van der Waals surface area contributed by atoms with Crippen molar-refractivity contribution in [2.45, 2.75) is 13.0 Å². The molecule has 3 rings (SSSR count). The molecular weight excluding hydrogens is 328 g/mol. The topological polar surface area (TPSA) is 66.9 Å². The normalized spacial score (nSPS) is 12.0. The van der Waals surface area contributed by atoms with Crippen molar-refractivity contribution in [1.29, 1.82) is 0 Å². The van der Waals surface area contributed by atoms with Gasteiger partial charge in [0, 0.05) is 12.1 Å². The van der Waals surface area contributed by atoms with Crippen LogP contribution in [0.1, 0.15) is 18.5 Å². The van der Waals surface area contributed by atoms with Crippen molar-refractivity contribution in [3.05, 3.63) is 92.6 Å². The van der Waals surface area contributed by atoms with Gasteiger partial charge in [0.25, 0.3) is 5.56 Å². The molecule has 25 heavy (non-hydrogen) atoms. The maximum Gasteiger partial charge on any atom is 0.334 e. The number of benzene rings is 2. The third kappa shape index (κ3) is 3.35. The lowest BCUT2D eigenvalue weighted by Gasteiger charge is -2.16. The Kier molecular flexibility index (Phi) is 4.47. The van der Waals surface area contributed by atoms with Crippen LogP contribution in [0.4, 0.5) is 14.6 Å². The molecule has 0 spiro atoms. The summed E-state index contributed by atoms with van der Waals surface area (Å²) in [6.07, 6.45) is 0. The van der Waals surface area contributed by atoms with Crippen LogP contribution in [0.5, 0.6) is 0 Å². The molecule has 0 fully saturated rings. The van der Waals surface area contributed by atoms with Gasteiger partial charge in [-0.2, -0.15) is 0 Å². The Hall–Kier alpha value is -3.22. The first kappa shape index (κ1) is 16.6. The van der Waals surface area contributed by atoms with Gasteiger partial charge < -0.3 is 5.32 Å². The summed E-state index contributed by atoms with van der Waals surface area (Å²) in [6.45, 7) is 1.86. The van der Waals surface area contributed by atoms with Crippen LogP contribution < -0.4 is 16.6 Å². The van der Waals surface area contributed by atoms with Gasteiger partial charge in [0.15, 0.2) is 0 Å². The number of hydrogen-bond donors (Lipinski definition) is 2. The summed E-state index contributed by atoms with van der Waals surface area (Å²) in [5.74, 6) is -1.82. The van der Waals surface area contributed by atoms with Gasteiger partial charge in [-0.3, -0.25) is 9.78 Å². The van der Waals surface area contributed by atoms with E-state index in [1.807, 2.05) is 37.3 Å². The SMILES string of the molecule is C[C@H](Nc1cc(=O)n(-c2c(F)cccc2F)c(=O)[nH]1)c1ccccc1. The molecule has 1 atom stereocenters. The Morgan fingerprint density at radius 1 is 1.00 bits per heavy atom. The molecule has 0 aliphatic rings. The second-order valence-corrected chi connectivity index (χ2v) is 5.51. The van der Waals surface area contributed by atoms with Gasteiger partial charge in [-0.15, -0.1) is 0 Å². The molecule has 2 aromatic carbocycles. The summed E-state index contributed by atoms with van der Waals surface area (Å²) in [7, 11) is 0. The molecule has 1 heterocycles. The van der Waals surface area contributed by atoms with Crippen LogP contribution in [0.2, 0.25) is 0 Å². The van der Waals surface area contributed by atoms with E-state index in [0.717, 1.165) is 29.8 Å². The Bertz CT molecular complexity index is 961. The van der Waals surface area contributed by atoms with E-state index >= 15 is 0 Å². The molecule has 7 heteroatoms. The highest BCUT2D eigenvalue weighted by molar-refractivity contribution is 5.40. The zero-order chi connectivity index (χ0) is 18.0. The minimum atomic E-state index is -0.994. The Balaban J connectivity index is 1.99. The molecule has 0 unspecified atom stereocenters. The monoisotopic (exact) mass is 343 g/mol. The molecular formula is C18H15F2N3O2. The molecule has 0 aliphatic heterocycles. The minimum absolute atomic E-state index is 0.166. The van der Waals surface area contributed by atoms with Gasteiger partial charge in [0.2, 0.25) is 0 Å². The summed E-state index contributed by atoms with van der Waals surface area (Å²) in [5.41, 5.74) is -1.51. The summed E-state index contributed by atoms with van der Waals surface area (Å²) < 4.78 is 28.2. The Labute approximate surface area is 141 Å². The van der Waals surface area contributed by atoms with Gasteiger partial charge in [0.1, 0.15) is 23.1 Å². The van der Waals surface area contributed by atoms with E-state index in [9.17, 15) is 18.4 Å². The average molecular weight is 343 g/mol. The molecule has 0 saturated carbocycles. The Morgan fingerprint density at radius 3 is 2.24 bits per heavy atom. The van der Waals surface area contributed by atoms with Crippen molar-refractivity contribution >= 4 is 5.82 Å². The molecule has 0 bridgehead atoms. The van der Waals surface area contributed by atoms with Gasteiger partial charge in [-0.05, 0) is 24.6 Å². The number of aromatic amines is 1. The number of hydrogen-bond acceptors (Lipinski definition) is 3. The first-order valence-electron chi connectivity index (χ1n) is 7.59. The maximum absolute atomic E-state index is 13.9. The highest BCUT2D eigenvalue weighted by Crippen LogP contribution is 2.17. The van der Waals surface area contributed by atoms with E-state index in [4.69, 9.17) is 0 Å². The standard InChI is InChI=1S/C18H15F2N3O2/c1-11(12-6-3-2-4-7-12)21-15-10-16(24)23(18(25)22-15)17-13(19)8-5-9-14(17)20/h2-11,21H,1H3,(H,22,25)/t11-/m0/s1. The van der Waals surface area contributed by atoms with Crippen molar-refractivity contribution in [2.24, 2.45) is 0 Å². The summed E-state index contributed by atoms with van der Waals surface area (Å²) >= 11 is 0. The van der Waals surface area contributed by atoms with Crippen molar-refractivity contribution in [3.63, 3.8) is 0 Å². The molecule has 3 aromatic rings. The molecule has 1 aromatic heterocycles. The lowest BCUT2D eigenvalue weighted by molar-refractivity contribution is 0.562. The van der Waals surface area contributed by atoms with Crippen LogP contribution in [-0.2, 0) is 0 Å². The fraction of sp³-hybridized carbons (Fsp3) is 0.111. The summed E-state index contributed by atoms with van der Waals surface area (Å²) in [6, 6.07) is 13.4. The predicted molar refractivity (Wildman–Crippen MR) is 91.1 cm³/mol. The number of aromatic nitrogens is 2. The van der Waals surface area contributed by atoms with Gasteiger partial charge in [0.05, 0.1) is 0 Å². The van der Waals surface area contributed by atoms with Crippen LogP contribution in [0.25, 0.3) is 5.69 Å². The zero-order valence-electron chi connectivity index (χ0n) is 13.3. The number of para-hydroxylation sites is 1. The molecule has 0 amide bonds. The molecule has 0 radical (unpaired) electrons. The molecule has 2 N–H and O–H groups in total.